The van der Waals surface area contributed by atoms with Crippen LogP contribution in [-0.4, -0.2) is 36.1 Å². The summed E-state index contributed by atoms with van der Waals surface area (Å²) in [5.74, 6) is -0.0739. The molecule has 0 aromatic heterocycles. The second kappa shape index (κ2) is 11.5. The SMILES string of the molecule is CC(=O)Nc1cccc(CN2CCC(OC(=O)NC(c3ccccc3)c3ccccc3)CC2)c1. The first-order valence-corrected chi connectivity index (χ1v) is 11.7. The summed E-state index contributed by atoms with van der Waals surface area (Å²) in [7, 11) is 0. The highest BCUT2D eigenvalue weighted by molar-refractivity contribution is 5.88. The molecule has 176 valence electrons. The minimum Gasteiger partial charge on any atom is -0.446 e. The van der Waals surface area contributed by atoms with Crippen molar-refractivity contribution < 1.29 is 14.3 Å². The predicted octanol–water partition coefficient (Wildman–Crippen LogP) is 5.13. The van der Waals surface area contributed by atoms with E-state index in [1.54, 1.807) is 0 Å². The molecule has 1 aliphatic rings. The van der Waals surface area contributed by atoms with Gasteiger partial charge in [-0.2, -0.15) is 0 Å². The third-order valence-corrected chi connectivity index (χ3v) is 5.99. The standard InChI is InChI=1S/C28H31N3O3/c1-21(32)29-25-14-8-9-22(19-25)20-31-17-15-26(16-18-31)34-28(33)30-27(23-10-4-2-5-11-23)24-12-6-3-7-13-24/h2-14,19,26-27H,15-18,20H2,1H3,(H,29,32)(H,30,33). The smallest absolute Gasteiger partial charge is 0.408 e. The van der Waals surface area contributed by atoms with Gasteiger partial charge in [0.25, 0.3) is 0 Å². The maximum absolute atomic E-state index is 12.8. The zero-order valence-corrected chi connectivity index (χ0v) is 19.4. The maximum Gasteiger partial charge on any atom is 0.408 e. The van der Waals surface area contributed by atoms with E-state index in [0.717, 1.165) is 54.9 Å². The minimum absolute atomic E-state index is 0.0739. The molecule has 0 atom stereocenters. The van der Waals surface area contributed by atoms with E-state index in [1.165, 1.54) is 6.92 Å². The van der Waals surface area contributed by atoms with Crippen molar-refractivity contribution in [1.29, 1.82) is 0 Å². The maximum atomic E-state index is 12.8. The van der Waals surface area contributed by atoms with Gasteiger partial charge in [-0.15, -0.1) is 0 Å². The molecule has 3 aromatic rings. The summed E-state index contributed by atoms with van der Waals surface area (Å²) in [5.41, 5.74) is 3.99. The number of ether oxygens (including phenoxy) is 1. The van der Waals surface area contributed by atoms with Crippen LogP contribution >= 0.6 is 0 Å². The van der Waals surface area contributed by atoms with Gasteiger partial charge in [-0.1, -0.05) is 72.8 Å². The van der Waals surface area contributed by atoms with Gasteiger partial charge in [-0.25, -0.2) is 4.79 Å². The molecule has 2 amide bonds. The summed E-state index contributed by atoms with van der Waals surface area (Å²) in [5, 5.41) is 5.89. The number of amides is 2. The van der Waals surface area contributed by atoms with Crippen LogP contribution in [0.1, 0.15) is 42.5 Å². The molecule has 3 aromatic carbocycles. The molecule has 0 bridgehead atoms. The zero-order chi connectivity index (χ0) is 23.8. The molecule has 2 N–H and O–H groups in total. The number of likely N-dealkylation sites (tertiary alicyclic amines) is 1. The van der Waals surface area contributed by atoms with Crippen LogP contribution < -0.4 is 10.6 Å². The number of hydrogen-bond donors (Lipinski definition) is 2. The van der Waals surface area contributed by atoms with Crippen molar-refractivity contribution in [2.45, 2.75) is 38.5 Å². The van der Waals surface area contributed by atoms with Gasteiger partial charge in [0.2, 0.25) is 5.91 Å². The number of alkyl carbamates (subject to hydrolysis) is 1. The predicted molar refractivity (Wildman–Crippen MR) is 133 cm³/mol. The van der Waals surface area contributed by atoms with E-state index >= 15 is 0 Å². The largest absolute Gasteiger partial charge is 0.446 e. The van der Waals surface area contributed by atoms with Crippen LogP contribution in [0.5, 0.6) is 0 Å². The van der Waals surface area contributed by atoms with Crippen molar-refractivity contribution in [3.8, 4) is 0 Å². The summed E-state index contributed by atoms with van der Waals surface area (Å²) in [6, 6.07) is 27.5. The molecule has 1 saturated heterocycles. The second-order valence-electron chi connectivity index (χ2n) is 8.66. The molecule has 0 radical (unpaired) electrons. The number of anilines is 1. The summed E-state index contributed by atoms with van der Waals surface area (Å²) in [6.45, 7) is 4.01. The highest BCUT2D eigenvalue weighted by atomic mass is 16.6. The van der Waals surface area contributed by atoms with Gasteiger partial charge < -0.3 is 15.4 Å². The molecule has 0 spiro atoms. The van der Waals surface area contributed by atoms with Crippen LogP contribution in [-0.2, 0) is 16.1 Å². The van der Waals surface area contributed by atoms with E-state index in [4.69, 9.17) is 4.74 Å². The third-order valence-electron chi connectivity index (χ3n) is 5.99. The van der Waals surface area contributed by atoms with E-state index in [2.05, 4.69) is 21.6 Å². The van der Waals surface area contributed by atoms with Gasteiger partial charge in [-0.3, -0.25) is 9.69 Å². The summed E-state index contributed by atoms with van der Waals surface area (Å²) >= 11 is 0. The lowest BCUT2D eigenvalue weighted by atomic mass is 9.99. The Balaban J connectivity index is 1.30. The molecule has 1 fully saturated rings. The van der Waals surface area contributed by atoms with Crippen LogP contribution in [0.15, 0.2) is 84.9 Å². The van der Waals surface area contributed by atoms with Crippen molar-refractivity contribution in [3.05, 3.63) is 102 Å². The fourth-order valence-corrected chi connectivity index (χ4v) is 4.35. The molecule has 0 aliphatic carbocycles. The van der Waals surface area contributed by atoms with Gasteiger partial charge in [0.15, 0.2) is 0 Å². The van der Waals surface area contributed by atoms with Crippen LogP contribution in [0.4, 0.5) is 10.5 Å². The molecule has 4 rings (SSSR count). The number of nitrogens with one attached hydrogen (secondary N) is 2. The Morgan fingerprint density at radius 3 is 2.12 bits per heavy atom. The average Bonchev–Trinajstić information content (AvgIpc) is 2.85. The fraction of sp³-hybridized carbons (Fsp3) is 0.286. The number of rotatable bonds is 7. The molecule has 1 heterocycles. The minimum atomic E-state index is -0.390. The Labute approximate surface area is 200 Å². The first kappa shape index (κ1) is 23.5. The number of nitrogens with zero attached hydrogens (tertiary/aromatic N) is 1. The third kappa shape index (κ3) is 6.68. The fourth-order valence-electron chi connectivity index (χ4n) is 4.35. The molecule has 6 nitrogen and oxygen atoms in total. The first-order chi connectivity index (χ1) is 16.6. The van der Waals surface area contributed by atoms with Gasteiger partial charge in [0.1, 0.15) is 6.10 Å². The first-order valence-electron chi connectivity index (χ1n) is 11.7. The van der Waals surface area contributed by atoms with E-state index in [9.17, 15) is 9.59 Å². The molecule has 0 unspecified atom stereocenters. The quantitative estimate of drug-likeness (QED) is 0.516. The molecule has 1 aliphatic heterocycles. The summed E-state index contributed by atoms with van der Waals surface area (Å²) in [6.07, 6.45) is 1.09. The zero-order valence-electron chi connectivity index (χ0n) is 19.4. The summed E-state index contributed by atoms with van der Waals surface area (Å²) in [4.78, 5) is 26.4. The van der Waals surface area contributed by atoms with E-state index in [1.807, 2.05) is 78.9 Å². The topological polar surface area (TPSA) is 70.7 Å². The summed E-state index contributed by atoms with van der Waals surface area (Å²) < 4.78 is 5.80. The molecular formula is C28H31N3O3. The van der Waals surface area contributed by atoms with Crippen LogP contribution in [0, 0.1) is 0 Å². The number of benzene rings is 3. The van der Waals surface area contributed by atoms with Crippen LogP contribution in [0.3, 0.4) is 0 Å². The van der Waals surface area contributed by atoms with Gasteiger partial charge >= 0.3 is 6.09 Å². The number of hydrogen-bond acceptors (Lipinski definition) is 4. The Hall–Kier alpha value is -3.64. The van der Waals surface area contributed by atoms with Crippen LogP contribution in [0.25, 0.3) is 0 Å². The lowest BCUT2D eigenvalue weighted by molar-refractivity contribution is -0.114. The molecular weight excluding hydrogens is 426 g/mol. The van der Waals surface area contributed by atoms with E-state index < -0.39 is 0 Å². The monoisotopic (exact) mass is 457 g/mol. The highest BCUT2D eigenvalue weighted by Crippen LogP contribution is 2.23. The van der Waals surface area contributed by atoms with E-state index in [-0.39, 0.29) is 24.1 Å². The molecule has 34 heavy (non-hydrogen) atoms. The lowest BCUT2D eigenvalue weighted by Gasteiger charge is -2.32. The number of carbonyl (C=O) groups is 2. The Morgan fingerprint density at radius 2 is 1.53 bits per heavy atom. The van der Waals surface area contributed by atoms with Crippen molar-refractivity contribution >= 4 is 17.7 Å². The molecule has 0 saturated carbocycles. The van der Waals surface area contributed by atoms with Gasteiger partial charge in [-0.05, 0) is 41.7 Å². The average molecular weight is 458 g/mol. The van der Waals surface area contributed by atoms with Crippen LogP contribution in [0.2, 0.25) is 0 Å². The van der Waals surface area contributed by atoms with Gasteiger partial charge in [0.05, 0.1) is 6.04 Å². The highest BCUT2D eigenvalue weighted by Gasteiger charge is 2.24. The lowest BCUT2D eigenvalue weighted by Crippen LogP contribution is -2.40. The van der Waals surface area contributed by atoms with Crippen molar-refractivity contribution in [3.63, 3.8) is 0 Å². The Kier molecular flexibility index (Phi) is 7.94. The number of carbonyl (C=O) groups excluding carboxylic acids is 2. The second-order valence-corrected chi connectivity index (χ2v) is 8.66. The van der Waals surface area contributed by atoms with E-state index in [0.29, 0.717) is 0 Å². The van der Waals surface area contributed by atoms with Crippen molar-refractivity contribution in [2.75, 3.05) is 18.4 Å². The Morgan fingerprint density at radius 1 is 0.912 bits per heavy atom. The number of piperidine rings is 1. The van der Waals surface area contributed by atoms with Gasteiger partial charge in [0, 0.05) is 32.2 Å². The van der Waals surface area contributed by atoms with Crippen molar-refractivity contribution in [1.82, 2.24) is 10.2 Å². The van der Waals surface area contributed by atoms with Crippen molar-refractivity contribution in [2.24, 2.45) is 0 Å². The molecule has 6 heteroatoms. The Bertz CT molecular complexity index is 1040. The normalized spacial score (nSPS) is 14.5.